The lowest BCUT2D eigenvalue weighted by Gasteiger charge is -2.17. The van der Waals surface area contributed by atoms with Gasteiger partial charge in [-0.2, -0.15) is 4.31 Å². The summed E-state index contributed by atoms with van der Waals surface area (Å²) in [7, 11) is -3.81. The Kier molecular flexibility index (Phi) is 6.07. The molecule has 0 saturated carbocycles. The van der Waals surface area contributed by atoms with Crippen molar-refractivity contribution in [1.82, 2.24) is 9.29 Å². The van der Waals surface area contributed by atoms with Gasteiger partial charge in [-0.1, -0.05) is 11.6 Å². The van der Waals surface area contributed by atoms with Crippen LogP contribution in [0, 0.1) is 11.6 Å². The van der Waals surface area contributed by atoms with Gasteiger partial charge < -0.3 is 0 Å². The zero-order valence-corrected chi connectivity index (χ0v) is 18.3. The smallest absolute Gasteiger partial charge is 0.257 e. The van der Waals surface area contributed by atoms with Crippen molar-refractivity contribution in [3.05, 3.63) is 64.0 Å². The predicted octanol–water partition coefficient (Wildman–Crippen LogP) is 4.78. The number of hydrogen-bond donors (Lipinski definition) is 1. The number of nitrogens with zero attached hydrogens (tertiary/aromatic N) is 2. The van der Waals surface area contributed by atoms with E-state index in [1.807, 2.05) is 0 Å². The van der Waals surface area contributed by atoms with Gasteiger partial charge in [-0.15, -0.1) is 11.3 Å². The first kappa shape index (κ1) is 21.8. The quantitative estimate of drug-likeness (QED) is 0.566. The zero-order valence-electron chi connectivity index (χ0n) is 15.9. The van der Waals surface area contributed by atoms with Crippen molar-refractivity contribution in [3.63, 3.8) is 0 Å². The van der Waals surface area contributed by atoms with Gasteiger partial charge in [0.25, 0.3) is 5.91 Å². The Labute approximate surface area is 186 Å². The summed E-state index contributed by atoms with van der Waals surface area (Å²) in [5, 5.41) is 4.22. The highest BCUT2D eigenvalue weighted by molar-refractivity contribution is 7.89. The molecule has 162 valence electrons. The van der Waals surface area contributed by atoms with Gasteiger partial charge in [-0.05, 0) is 49.2 Å². The Bertz CT molecular complexity index is 1260. The highest BCUT2D eigenvalue weighted by Crippen LogP contribution is 2.30. The average molecular weight is 484 g/mol. The minimum absolute atomic E-state index is 0.0257. The molecule has 1 N–H and O–H groups in total. The lowest BCUT2D eigenvalue weighted by Crippen LogP contribution is -2.28. The molecule has 6 nitrogen and oxygen atoms in total. The number of benzene rings is 2. The maximum absolute atomic E-state index is 14.0. The molecule has 11 heteroatoms. The van der Waals surface area contributed by atoms with Gasteiger partial charge in [0.1, 0.15) is 16.5 Å². The first-order valence-corrected chi connectivity index (χ1v) is 12.0. The summed E-state index contributed by atoms with van der Waals surface area (Å²) in [6, 6.07) is 7.01. The predicted molar refractivity (Wildman–Crippen MR) is 115 cm³/mol. The molecule has 0 aliphatic carbocycles. The summed E-state index contributed by atoms with van der Waals surface area (Å²) in [6.45, 7) is 0.821. The summed E-state index contributed by atoms with van der Waals surface area (Å²) in [5.74, 6) is -1.85. The SMILES string of the molecule is O=C(Nc1nc(-c2cc(F)ccc2F)cs1)c1ccc(Cl)c(S(=O)(=O)N2CCCC2)c1. The number of aromatic nitrogens is 1. The van der Waals surface area contributed by atoms with E-state index in [4.69, 9.17) is 11.6 Å². The second-order valence-electron chi connectivity index (χ2n) is 6.87. The van der Waals surface area contributed by atoms with Crippen LogP contribution in [0.15, 0.2) is 46.7 Å². The molecule has 0 atom stereocenters. The molecular weight excluding hydrogens is 468 g/mol. The molecular formula is C20H16ClF2N3O3S2. The number of thiazole rings is 1. The van der Waals surface area contributed by atoms with E-state index in [9.17, 15) is 22.0 Å². The van der Waals surface area contributed by atoms with Crippen LogP contribution in [0.1, 0.15) is 23.2 Å². The molecule has 0 spiro atoms. The number of nitrogens with one attached hydrogen (secondary N) is 1. The number of rotatable bonds is 5. The number of anilines is 1. The first-order chi connectivity index (χ1) is 14.8. The highest BCUT2D eigenvalue weighted by Gasteiger charge is 2.30. The van der Waals surface area contributed by atoms with Crippen LogP contribution < -0.4 is 5.32 Å². The van der Waals surface area contributed by atoms with Gasteiger partial charge in [0.2, 0.25) is 10.0 Å². The summed E-state index contributed by atoms with van der Waals surface area (Å²) in [4.78, 5) is 16.7. The standard InChI is InChI=1S/C20H16ClF2N3O3S2/c21-15-5-3-12(9-18(15)31(28,29)26-7-1-2-8-26)19(27)25-20-24-17(11-30-20)14-10-13(22)4-6-16(14)23/h3-6,9-11H,1-2,7-8H2,(H,24,25,27). The Morgan fingerprint density at radius 1 is 1.13 bits per heavy atom. The normalized spacial score (nSPS) is 14.7. The van der Waals surface area contributed by atoms with Crippen molar-refractivity contribution in [2.24, 2.45) is 0 Å². The Morgan fingerprint density at radius 2 is 1.87 bits per heavy atom. The Hall–Kier alpha value is -2.40. The van der Waals surface area contributed by atoms with Crippen LogP contribution in [-0.2, 0) is 10.0 Å². The number of amides is 1. The molecule has 1 saturated heterocycles. The van der Waals surface area contributed by atoms with E-state index in [0.717, 1.165) is 42.4 Å². The molecule has 0 radical (unpaired) electrons. The van der Waals surface area contributed by atoms with E-state index in [0.29, 0.717) is 13.1 Å². The van der Waals surface area contributed by atoms with Gasteiger partial charge in [0, 0.05) is 29.6 Å². The summed E-state index contributed by atoms with van der Waals surface area (Å²) < 4.78 is 54.4. The molecule has 1 aliphatic rings. The zero-order chi connectivity index (χ0) is 22.2. The second kappa shape index (κ2) is 8.62. The minimum Gasteiger partial charge on any atom is -0.298 e. The topological polar surface area (TPSA) is 79.4 Å². The Morgan fingerprint density at radius 3 is 2.61 bits per heavy atom. The van der Waals surface area contributed by atoms with Gasteiger partial charge >= 0.3 is 0 Å². The molecule has 1 amide bonds. The van der Waals surface area contributed by atoms with Crippen molar-refractivity contribution in [2.75, 3.05) is 18.4 Å². The summed E-state index contributed by atoms with van der Waals surface area (Å²) >= 11 is 7.14. The number of halogens is 3. The molecule has 2 aromatic carbocycles. The first-order valence-electron chi connectivity index (χ1n) is 9.28. The van der Waals surface area contributed by atoms with Crippen molar-refractivity contribution < 1.29 is 22.0 Å². The van der Waals surface area contributed by atoms with E-state index in [-0.39, 0.29) is 31.9 Å². The fourth-order valence-corrected chi connectivity index (χ4v) is 5.95. The van der Waals surface area contributed by atoms with Crippen LogP contribution in [0.5, 0.6) is 0 Å². The molecule has 2 heterocycles. The van der Waals surface area contributed by atoms with E-state index < -0.39 is 27.6 Å². The molecule has 4 rings (SSSR count). The van der Waals surface area contributed by atoms with Crippen molar-refractivity contribution in [3.8, 4) is 11.3 Å². The fourth-order valence-electron chi connectivity index (χ4n) is 3.23. The van der Waals surface area contributed by atoms with E-state index in [1.165, 1.54) is 27.9 Å². The van der Waals surface area contributed by atoms with Gasteiger partial charge in [0.05, 0.1) is 10.7 Å². The molecule has 0 unspecified atom stereocenters. The van der Waals surface area contributed by atoms with Gasteiger partial charge in [-0.25, -0.2) is 22.2 Å². The van der Waals surface area contributed by atoms with Crippen LogP contribution in [0.25, 0.3) is 11.3 Å². The van der Waals surface area contributed by atoms with Crippen molar-refractivity contribution in [2.45, 2.75) is 17.7 Å². The maximum Gasteiger partial charge on any atom is 0.257 e. The molecule has 1 fully saturated rings. The largest absolute Gasteiger partial charge is 0.298 e. The monoisotopic (exact) mass is 483 g/mol. The number of carbonyl (C=O) groups is 1. The lowest BCUT2D eigenvalue weighted by atomic mass is 10.1. The molecule has 0 bridgehead atoms. The van der Waals surface area contributed by atoms with E-state index >= 15 is 0 Å². The summed E-state index contributed by atoms with van der Waals surface area (Å²) in [6.07, 6.45) is 1.55. The highest BCUT2D eigenvalue weighted by atomic mass is 35.5. The fraction of sp³-hybridized carbons (Fsp3) is 0.200. The lowest BCUT2D eigenvalue weighted by molar-refractivity contribution is 0.102. The van der Waals surface area contributed by atoms with Crippen LogP contribution in [-0.4, -0.2) is 36.7 Å². The third-order valence-corrected chi connectivity index (χ3v) is 7.94. The van der Waals surface area contributed by atoms with Crippen LogP contribution >= 0.6 is 22.9 Å². The number of sulfonamides is 1. The number of carbonyl (C=O) groups excluding carboxylic acids is 1. The minimum atomic E-state index is -3.81. The van der Waals surface area contributed by atoms with Gasteiger partial charge in [-0.3, -0.25) is 10.1 Å². The Balaban J connectivity index is 1.57. The van der Waals surface area contributed by atoms with Crippen LogP contribution in [0.3, 0.4) is 0 Å². The number of hydrogen-bond acceptors (Lipinski definition) is 5. The van der Waals surface area contributed by atoms with Gasteiger partial charge in [0.15, 0.2) is 5.13 Å². The van der Waals surface area contributed by atoms with E-state index in [1.54, 1.807) is 0 Å². The van der Waals surface area contributed by atoms with E-state index in [2.05, 4.69) is 10.3 Å². The van der Waals surface area contributed by atoms with Crippen LogP contribution in [0.4, 0.5) is 13.9 Å². The third kappa shape index (κ3) is 4.47. The maximum atomic E-state index is 14.0. The average Bonchev–Trinajstić information content (AvgIpc) is 3.42. The third-order valence-electron chi connectivity index (χ3n) is 4.81. The molecule has 1 aromatic heterocycles. The molecule has 31 heavy (non-hydrogen) atoms. The van der Waals surface area contributed by atoms with Crippen molar-refractivity contribution >= 4 is 44.0 Å². The molecule has 3 aromatic rings. The second-order valence-corrected chi connectivity index (χ2v) is 10.0. The van der Waals surface area contributed by atoms with Crippen molar-refractivity contribution in [1.29, 1.82) is 0 Å². The molecule has 1 aliphatic heterocycles. The van der Waals surface area contributed by atoms with Crippen LogP contribution in [0.2, 0.25) is 5.02 Å². The summed E-state index contributed by atoms with van der Waals surface area (Å²) in [5.41, 5.74) is 0.226.